The molecule has 4 rings (SSSR count). The van der Waals surface area contributed by atoms with Crippen molar-refractivity contribution >= 4 is 23.4 Å². The van der Waals surface area contributed by atoms with Crippen molar-refractivity contribution in [3.8, 4) is 17.1 Å². The van der Waals surface area contributed by atoms with Crippen LogP contribution in [0.4, 0.5) is 5.69 Å². The molecule has 0 fully saturated rings. The molecule has 1 aromatic heterocycles. The molecule has 0 bridgehead atoms. The summed E-state index contributed by atoms with van der Waals surface area (Å²) < 4.78 is 1.80. The third-order valence-corrected chi connectivity index (χ3v) is 5.83. The van der Waals surface area contributed by atoms with E-state index < -0.39 is 4.92 Å². The Morgan fingerprint density at radius 1 is 1.03 bits per heavy atom. The summed E-state index contributed by atoms with van der Waals surface area (Å²) in [5, 5.41) is 23.2. The van der Waals surface area contributed by atoms with E-state index in [2.05, 4.69) is 15.5 Å². The molecule has 33 heavy (non-hydrogen) atoms. The molecule has 0 aliphatic rings. The minimum absolute atomic E-state index is 0.0280. The van der Waals surface area contributed by atoms with Crippen LogP contribution in [-0.2, 0) is 11.3 Å². The molecule has 0 spiro atoms. The Bertz CT molecular complexity index is 1270. The van der Waals surface area contributed by atoms with E-state index in [0.717, 1.165) is 11.3 Å². The number of aromatic nitrogens is 3. The van der Waals surface area contributed by atoms with Gasteiger partial charge in [-0.25, -0.2) is 0 Å². The molecule has 0 atom stereocenters. The number of thioether (sulfide) groups is 1. The molecule has 1 heterocycles. The SMILES string of the molecule is Cc1ccc(CNC(=O)CSc2nnc(-c3cccc([N+](=O)[O-])c3)n2-c2ccccc2)cc1. The van der Waals surface area contributed by atoms with Crippen molar-refractivity contribution in [3.05, 3.63) is 100 Å². The summed E-state index contributed by atoms with van der Waals surface area (Å²) >= 11 is 1.26. The Morgan fingerprint density at radius 2 is 1.79 bits per heavy atom. The minimum Gasteiger partial charge on any atom is -0.351 e. The Hall–Kier alpha value is -3.98. The number of carbonyl (C=O) groups excluding carboxylic acids is 1. The van der Waals surface area contributed by atoms with E-state index in [9.17, 15) is 14.9 Å². The highest BCUT2D eigenvalue weighted by atomic mass is 32.2. The summed E-state index contributed by atoms with van der Waals surface area (Å²) in [6.07, 6.45) is 0. The summed E-state index contributed by atoms with van der Waals surface area (Å²) in [6.45, 7) is 2.47. The van der Waals surface area contributed by atoms with Gasteiger partial charge in [0.05, 0.1) is 10.7 Å². The number of rotatable bonds is 8. The van der Waals surface area contributed by atoms with Crippen LogP contribution in [0.25, 0.3) is 17.1 Å². The van der Waals surface area contributed by atoms with Crippen LogP contribution in [0.2, 0.25) is 0 Å². The maximum Gasteiger partial charge on any atom is 0.270 e. The average molecular weight is 460 g/mol. The first kappa shape index (κ1) is 22.2. The monoisotopic (exact) mass is 459 g/mol. The van der Waals surface area contributed by atoms with Crippen molar-refractivity contribution in [1.82, 2.24) is 20.1 Å². The van der Waals surface area contributed by atoms with Gasteiger partial charge in [0.15, 0.2) is 11.0 Å². The van der Waals surface area contributed by atoms with Gasteiger partial charge in [0.2, 0.25) is 5.91 Å². The summed E-state index contributed by atoms with van der Waals surface area (Å²) in [5.74, 6) is 0.499. The fraction of sp³-hybridized carbons (Fsp3) is 0.125. The third kappa shape index (κ3) is 5.45. The number of para-hydroxylation sites is 1. The maximum absolute atomic E-state index is 12.4. The zero-order valence-electron chi connectivity index (χ0n) is 17.8. The van der Waals surface area contributed by atoms with Crippen molar-refractivity contribution in [2.24, 2.45) is 0 Å². The number of amides is 1. The van der Waals surface area contributed by atoms with Gasteiger partial charge < -0.3 is 5.32 Å². The number of benzene rings is 3. The molecule has 9 heteroatoms. The summed E-state index contributed by atoms with van der Waals surface area (Å²) in [6, 6.07) is 23.7. The van der Waals surface area contributed by atoms with Gasteiger partial charge >= 0.3 is 0 Å². The van der Waals surface area contributed by atoms with Gasteiger partial charge in [0, 0.05) is 29.9 Å². The van der Waals surface area contributed by atoms with Gasteiger partial charge in [0.25, 0.3) is 5.69 Å². The van der Waals surface area contributed by atoms with E-state index in [4.69, 9.17) is 0 Å². The molecule has 0 saturated heterocycles. The Labute approximate surface area is 194 Å². The number of nitrogens with zero attached hydrogens (tertiary/aromatic N) is 4. The maximum atomic E-state index is 12.4. The molecular formula is C24H21N5O3S. The molecule has 0 radical (unpaired) electrons. The molecule has 8 nitrogen and oxygen atoms in total. The van der Waals surface area contributed by atoms with Gasteiger partial charge in [-0.05, 0) is 24.6 Å². The molecule has 3 aromatic carbocycles. The molecule has 166 valence electrons. The van der Waals surface area contributed by atoms with Gasteiger partial charge in [0.1, 0.15) is 0 Å². The lowest BCUT2D eigenvalue weighted by Gasteiger charge is -2.10. The van der Waals surface area contributed by atoms with Crippen LogP contribution in [0.1, 0.15) is 11.1 Å². The number of nitro benzene ring substituents is 1. The van der Waals surface area contributed by atoms with Crippen molar-refractivity contribution < 1.29 is 9.72 Å². The first-order valence-corrected chi connectivity index (χ1v) is 11.2. The van der Waals surface area contributed by atoms with Gasteiger partial charge in [-0.2, -0.15) is 0 Å². The Morgan fingerprint density at radius 3 is 2.52 bits per heavy atom. The predicted octanol–water partition coefficient (Wildman–Crippen LogP) is 4.56. The van der Waals surface area contributed by atoms with Crippen molar-refractivity contribution in [1.29, 1.82) is 0 Å². The smallest absolute Gasteiger partial charge is 0.270 e. The largest absolute Gasteiger partial charge is 0.351 e. The van der Waals surface area contributed by atoms with Crippen LogP contribution in [0.5, 0.6) is 0 Å². The van der Waals surface area contributed by atoms with E-state index in [1.807, 2.05) is 61.5 Å². The lowest BCUT2D eigenvalue weighted by atomic mass is 10.1. The van der Waals surface area contributed by atoms with Gasteiger partial charge in [-0.3, -0.25) is 19.5 Å². The fourth-order valence-electron chi connectivity index (χ4n) is 3.21. The molecule has 0 unspecified atom stereocenters. The topological polar surface area (TPSA) is 103 Å². The van der Waals surface area contributed by atoms with Crippen LogP contribution in [-0.4, -0.2) is 31.3 Å². The lowest BCUT2D eigenvalue weighted by molar-refractivity contribution is -0.384. The first-order valence-electron chi connectivity index (χ1n) is 10.2. The second-order valence-electron chi connectivity index (χ2n) is 7.34. The zero-order chi connectivity index (χ0) is 23.2. The zero-order valence-corrected chi connectivity index (χ0v) is 18.7. The number of nitrogens with one attached hydrogen (secondary N) is 1. The molecule has 0 saturated carbocycles. The van der Waals surface area contributed by atoms with Gasteiger partial charge in [-0.1, -0.05) is 71.9 Å². The van der Waals surface area contributed by atoms with Crippen LogP contribution in [0.15, 0.2) is 84.0 Å². The van der Waals surface area contributed by atoms with Crippen LogP contribution in [0.3, 0.4) is 0 Å². The van der Waals surface area contributed by atoms with E-state index in [1.54, 1.807) is 16.7 Å². The Balaban J connectivity index is 1.54. The normalized spacial score (nSPS) is 10.7. The highest BCUT2D eigenvalue weighted by Crippen LogP contribution is 2.29. The predicted molar refractivity (Wildman–Crippen MR) is 127 cm³/mol. The molecule has 4 aromatic rings. The minimum atomic E-state index is -0.444. The standard InChI is InChI=1S/C24H21N5O3S/c1-17-10-12-18(13-11-17)15-25-22(30)16-33-24-27-26-23(28(24)20-7-3-2-4-8-20)19-6-5-9-21(14-19)29(31)32/h2-14H,15-16H2,1H3,(H,25,30). The second kappa shape index (κ2) is 10.1. The number of nitro groups is 1. The highest BCUT2D eigenvalue weighted by Gasteiger charge is 2.19. The van der Waals surface area contributed by atoms with E-state index in [-0.39, 0.29) is 17.3 Å². The Kier molecular flexibility index (Phi) is 6.80. The molecular weight excluding hydrogens is 438 g/mol. The van der Waals surface area contributed by atoms with E-state index >= 15 is 0 Å². The quantitative estimate of drug-likeness (QED) is 0.235. The highest BCUT2D eigenvalue weighted by molar-refractivity contribution is 7.99. The average Bonchev–Trinajstić information content (AvgIpc) is 3.27. The van der Waals surface area contributed by atoms with Crippen molar-refractivity contribution in [2.45, 2.75) is 18.6 Å². The first-order chi connectivity index (χ1) is 16.0. The molecule has 1 N–H and O–H groups in total. The number of carbonyl (C=O) groups is 1. The number of hydrogen-bond acceptors (Lipinski definition) is 6. The second-order valence-corrected chi connectivity index (χ2v) is 8.28. The van der Waals surface area contributed by atoms with E-state index in [0.29, 0.717) is 23.1 Å². The summed E-state index contributed by atoms with van der Waals surface area (Å²) in [5.41, 5.74) is 3.53. The number of aryl methyl sites for hydroxylation is 1. The summed E-state index contributed by atoms with van der Waals surface area (Å²) in [7, 11) is 0. The number of hydrogen-bond donors (Lipinski definition) is 1. The van der Waals surface area contributed by atoms with Crippen LogP contribution >= 0.6 is 11.8 Å². The molecule has 0 aliphatic heterocycles. The molecule has 0 aliphatic carbocycles. The van der Waals surface area contributed by atoms with Crippen molar-refractivity contribution in [2.75, 3.05) is 5.75 Å². The fourth-order valence-corrected chi connectivity index (χ4v) is 3.99. The lowest BCUT2D eigenvalue weighted by Crippen LogP contribution is -2.24. The molecule has 1 amide bonds. The van der Waals surface area contributed by atoms with Gasteiger partial charge in [-0.15, -0.1) is 10.2 Å². The van der Waals surface area contributed by atoms with E-state index in [1.165, 1.54) is 29.5 Å². The number of non-ortho nitro benzene ring substituents is 1. The summed E-state index contributed by atoms with van der Waals surface area (Å²) in [4.78, 5) is 23.2. The van der Waals surface area contributed by atoms with Crippen molar-refractivity contribution in [3.63, 3.8) is 0 Å². The third-order valence-electron chi connectivity index (χ3n) is 4.91. The van der Waals surface area contributed by atoms with Crippen LogP contribution < -0.4 is 5.32 Å². The van der Waals surface area contributed by atoms with Crippen LogP contribution in [0, 0.1) is 17.0 Å².